The van der Waals surface area contributed by atoms with Crippen LogP contribution in [0.5, 0.6) is 11.5 Å². The Labute approximate surface area is 145 Å². The minimum absolute atomic E-state index is 0.0162. The van der Waals surface area contributed by atoms with Gasteiger partial charge in [0.2, 0.25) is 0 Å². The Balaban J connectivity index is 1.97. The van der Waals surface area contributed by atoms with Crippen LogP contribution in [0.3, 0.4) is 0 Å². The van der Waals surface area contributed by atoms with Crippen molar-refractivity contribution in [2.75, 3.05) is 19.0 Å². The number of nitrogens with one attached hydrogen (secondary N) is 2. The molecule has 0 radical (unpaired) electrons. The van der Waals surface area contributed by atoms with Crippen LogP contribution in [0.15, 0.2) is 27.9 Å². The van der Waals surface area contributed by atoms with Gasteiger partial charge in [0.1, 0.15) is 6.61 Å². The van der Waals surface area contributed by atoms with E-state index in [-0.39, 0.29) is 24.2 Å². The van der Waals surface area contributed by atoms with E-state index in [1.165, 1.54) is 7.11 Å². The number of cyclic esters (lactones) is 1. The number of nitrogens with zero attached hydrogens (tertiary/aromatic N) is 1. The summed E-state index contributed by atoms with van der Waals surface area (Å²) in [4.78, 5) is 12.3. The molecule has 0 fully saturated rings. The maximum Gasteiger partial charge on any atom is 0.337 e. The molecule has 3 heterocycles. The molecule has 0 saturated carbocycles. The molecule has 2 aliphatic rings. The zero-order valence-corrected chi connectivity index (χ0v) is 14.5. The second-order valence-electron chi connectivity index (χ2n) is 5.69. The van der Waals surface area contributed by atoms with Crippen LogP contribution in [0.2, 0.25) is 0 Å². The summed E-state index contributed by atoms with van der Waals surface area (Å²) >= 11 is 3.34. The first-order valence-corrected chi connectivity index (χ1v) is 8.09. The third kappa shape index (κ3) is 2.02. The Bertz CT molecular complexity index is 903. The number of hydrogen-bond donors (Lipinski definition) is 3. The number of aromatic nitrogens is 2. The van der Waals surface area contributed by atoms with Gasteiger partial charge in [-0.15, -0.1) is 0 Å². The number of carbonyl (C=O) groups is 1. The molecular weight excluding hydrogens is 378 g/mol. The molecule has 1 atom stereocenters. The van der Waals surface area contributed by atoms with E-state index in [2.05, 4.69) is 31.4 Å². The van der Waals surface area contributed by atoms with E-state index in [1.807, 2.05) is 6.92 Å². The fraction of sp³-hybridized carbons (Fsp3) is 0.250. The number of aromatic amines is 1. The van der Waals surface area contributed by atoms with Crippen LogP contribution < -0.4 is 10.1 Å². The van der Waals surface area contributed by atoms with E-state index in [0.29, 0.717) is 27.3 Å². The first-order valence-electron chi connectivity index (χ1n) is 7.29. The SMILES string of the molecule is COc1cc(C2C3=C(COC3=O)Nc3n[nH]c(C)c32)cc(Br)c1O. The van der Waals surface area contributed by atoms with Crippen molar-refractivity contribution >= 4 is 27.7 Å². The third-order valence-electron chi connectivity index (χ3n) is 4.34. The van der Waals surface area contributed by atoms with E-state index < -0.39 is 0 Å². The molecule has 3 N–H and O–H groups in total. The summed E-state index contributed by atoms with van der Waals surface area (Å²) in [6, 6.07) is 3.50. The first kappa shape index (κ1) is 15.1. The van der Waals surface area contributed by atoms with Crippen molar-refractivity contribution in [3.63, 3.8) is 0 Å². The summed E-state index contributed by atoms with van der Waals surface area (Å²) in [5.74, 6) is 0.321. The van der Waals surface area contributed by atoms with Gasteiger partial charge in [-0.25, -0.2) is 4.79 Å². The van der Waals surface area contributed by atoms with Gasteiger partial charge in [0.15, 0.2) is 17.3 Å². The van der Waals surface area contributed by atoms with Gasteiger partial charge >= 0.3 is 5.97 Å². The molecule has 0 aliphatic carbocycles. The third-order valence-corrected chi connectivity index (χ3v) is 4.94. The summed E-state index contributed by atoms with van der Waals surface area (Å²) in [5, 5.41) is 20.5. The highest BCUT2D eigenvalue weighted by Crippen LogP contribution is 2.47. The van der Waals surface area contributed by atoms with Gasteiger partial charge in [-0.1, -0.05) is 0 Å². The lowest BCUT2D eigenvalue weighted by Gasteiger charge is -2.25. The molecular formula is C16H14BrN3O4. The second-order valence-corrected chi connectivity index (χ2v) is 6.55. The van der Waals surface area contributed by atoms with Crippen LogP contribution in [-0.2, 0) is 9.53 Å². The average Bonchev–Trinajstić information content (AvgIpc) is 3.12. The van der Waals surface area contributed by atoms with Crippen molar-refractivity contribution in [2.24, 2.45) is 0 Å². The van der Waals surface area contributed by atoms with Crippen molar-refractivity contribution < 1.29 is 19.4 Å². The summed E-state index contributed by atoms with van der Waals surface area (Å²) in [6.07, 6.45) is 0. The molecule has 4 rings (SSSR count). The monoisotopic (exact) mass is 391 g/mol. The number of anilines is 1. The number of halogens is 1. The van der Waals surface area contributed by atoms with E-state index in [0.717, 1.165) is 16.8 Å². The number of H-pyrrole nitrogens is 1. The Morgan fingerprint density at radius 1 is 1.46 bits per heavy atom. The van der Waals surface area contributed by atoms with Crippen LogP contribution in [0.25, 0.3) is 0 Å². The molecule has 2 aliphatic heterocycles. The van der Waals surface area contributed by atoms with E-state index in [9.17, 15) is 9.90 Å². The van der Waals surface area contributed by atoms with Gasteiger partial charge in [0.05, 0.1) is 22.9 Å². The predicted molar refractivity (Wildman–Crippen MR) is 89.1 cm³/mol. The standard InChI is InChI=1S/C16H14BrN3O4/c1-6-11-12(7-3-8(17)14(21)10(4-7)23-2)13-9(5-24-16(13)22)18-15(11)20-19-6/h3-4,12,21H,5H2,1-2H3,(H2,18,19,20). The normalized spacial score (nSPS) is 18.8. The lowest BCUT2D eigenvalue weighted by Crippen LogP contribution is -2.20. The fourth-order valence-electron chi connectivity index (χ4n) is 3.23. The first-order chi connectivity index (χ1) is 11.5. The Morgan fingerprint density at radius 3 is 3.00 bits per heavy atom. The number of aromatic hydroxyl groups is 1. The van der Waals surface area contributed by atoms with Crippen LogP contribution in [-0.4, -0.2) is 35.0 Å². The van der Waals surface area contributed by atoms with Crippen LogP contribution in [0, 0.1) is 6.92 Å². The van der Waals surface area contributed by atoms with Crippen molar-refractivity contribution in [2.45, 2.75) is 12.8 Å². The van der Waals surface area contributed by atoms with Crippen molar-refractivity contribution in [3.05, 3.63) is 44.7 Å². The molecule has 8 heteroatoms. The number of esters is 1. The Kier molecular flexibility index (Phi) is 3.31. The minimum Gasteiger partial charge on any atom is -0.503 e. The molecule has 1 unspecified atom stereocenters. The quantitative estimate of drug-likeness (QED) is 0.680. The second kappa shape index (κ2) is 5.27. The van der Waals surface area contributed by atoms with Crippen LogP contribution in [0.1, 0.15) is 22.7 Å². The van der Waals surface area contributed by atoms with Gasteiger partial charge in [0, 0.05) is 17.2 Å². The molecule has 0 saturated heterocycles. The summed E-state index contributed by atoms with van der Waals surface area (Å²) < 4.78 is 10.9. The summed E-state index contributed by atoms with van der Waals surface area (Å²) in [7, 11) is 1.48. The maximum absolute atomic E-state index is 12.3. The molecule has 1 aromatic carbocycles. The number of methoxy groups -OCH3 is 1. The van der Waals surface area contributed by atoms with Gasteiger partial charge in [-0.05, 0) is 40.5 Å². The summed E-state index contributed by atoms with van der Waals surface area (Å²) in [6.45, 7) is 2.10. The molecule has 0 amide bonds. The van der Waals surface area contributed by atoms with Crippen molar-refractivity contribution in [1.82, 2.24) is 10.2 Å². The maximum atomic E-state index is 12.3. The minimum atomic E-state index is -0.351. The van der Waals surface area contributed by atoms with Crippen LogP contribution in [0.4, 0.5) is 5.82 Å². The average molecular weight is 392 g/mol. The zero-order chi connectivity index (χ0) is 17.0. The van der Waals surface area contributed by atoms with E-state index >= 15 is 0 Å². The summed E-state index contributed by atoms with van der Waals surface area (Å²) in [5.41, 5.74) is 3.82. The molecule has 0 spiro atoms. The van der Waals surface area contributed by atoms with Gasteiger partial charge in [0.25, 0.3) is 0 Å². The number of phenols is 1. The topological polar surface area (TPSA) is 96.5 Å². The van der Waals surface area contributed by atoms with E-state index in [4.69, 9.17) is 9.47 Å². The van der Waals surface area contributed by atoms with Gasteiger partial charge in [-0.3, -0.25) is 5.10 Å². The highest BCUT2D eigenvalue weighted by molar-refractivity contribution is 9.10. The molecule has 0 bridgehead atoms. The zero-order valence-electron chi connectivity index (χ0n) is 12.9. The smallest absolute Gasteiger partial charge is 0.337 e. The lowest BCUT2D eigenvalue weighted by atomic mass is 9.82. The number of ether oxygens (including phenoxy) is 2. The number of rotatable bonds is 2. The van der Waals surface area contributed by atoms with Crippen molar-refractivity contribution in [1.29, 1.82) is 0 Å². The largest absolute Gasteiger partial charge is 0.503 e. The highest BCUT2D eigenvalue weighted by Gasteiger charge is 2.41. The number of aryl methyl sites for hydroxylation is 1. The number of carbonyl (C=O) groups excluding carboxylic acids is 1. The predicted octanol–water partition coefficient (Wildman–Crippen LogP) is 2.56. The Morgan fingerprint density at radius 2 is 2.25 bits per heavy atom. The molecule has 7 nitrogen and oxygen atoms in total. The van der Waals surface area contributed by atoms with E-state index in [1.54, 1.807) is 12.1 Å². The van der Waals surface area contributed by atoms with Crippen molar-refractivity contribution in [3.8, 4) is 11.5 Å². The molecule has 1 aromatic heterocycles. The highest BCUT2D eigenvalue weighted by atomic mass is 79.9. The Hall–Kier alpha value is -2.48. The number of fused-ring (bicyclic) bond motifs is 1. The van der Waals surface area contributed by atoms with Crippen LogP contribution >= 0.6 is 15.9 Å². The lowest BCUT2D eigenvalue weighted by molar-refractivity contribution is -0.136. The number of benzene rings is 1. The number of phenolic OH excluding ortho intramolecular Hbond substituents is 1. The molecule has 24 heavy (non-hydrogen) atoms. The van der Waals surface area contributed by atoms with Gasteiger partial charge in [-0.2, -0.15) is 5.10 Å². The number of hydrogen-bond acceptors (Lipinski definition) is 6. The molecule has 124 valence electrons. The fourth-order valence-corrected chi connectivity index (χ4v) is 3.69. The molecule has 2 aromatic rings. The van der Waals surface area contributed by atoms with Gasteiger partial charge < -0.3 is 19.9 Å².